The Balaban J connectivity index is 2.17. The van der Waals surface area contributed by atoms with Gasteiger partial charge in [-0.15, -0.1) is 11.3 Å². The number of amides is 1. The largest absolute Gasteiger partial charge is 0.321 e. The molecular weight excluding hydrogens is 380 g/mol. The Hall–Kier alpha value is -3.06. The second-order valence-electron chi connectivity index (χ2n) is 5.88. The highest BCUT2D eigenvalue weighted by atomic mass is 32.1. The van der Waals surface area contributed by atoms with Crippen molar-refractivity contribution in [2.24, 2.45) is 5.11 Å². The molecule has 4 rings (SSSR count). The fourth-order valence-corrected chi connectivity index (χ4v) is 4.20. The number of nitrogens with one attached hydrogen (secondary N) is 1. The molecule has 0 atom stereocenters. The van der Waals surface area contributed by atoms with E-state index in [1.807, 2.05) is 35.7 Å². The van der Waals surface area contributed by atoms with E-state index in [0.717, 1.165) is 21.9 Å². The van der Waals surface area contributed by atoms with Gasteiger partial charge in [0.1, 0.15) is 4.70 Å². The van der Waals surface area contributed by atoms with Crippen LogP contribution in [0.25, 0.3) is 42.6 Å². The van der Waals surface area contributed by atoms with E-state index in [0.29, 0.717) is 27.1 Å². The molecule has 2 aromatic carbocycles. The molecule has 2 aromatic heterocycles. The molecule has 0 aliphatic rings. The maximum absolute atomic E-state index is 12.4. The number of rotatable bonds is 3. The summed E-state index contributed by atoms with van der Waals surface area (Å²) in [6.07, 6.45) is 0. The van der Waals surface area contributed by atoms with Crippen LogP contribution >= 0.6 is 24.0 Å². The summed E-state index contributed by atoms with van der Waals surface area (Å²) >= 11 is 5.62. The van der Waals surface area contributed by atoms with E-state index in [-0.39, 0.29) is 5.56 Å². The van der Waals surface area contributed by atoms with Crippen molar-refractivity contribution < 1.29 is 4.79 Å². The number of pyridine rings is 1. The molecule has 4 aromatic rings. The molecule has 0 aliphatic heterocycles. The topological polar surface area (TPSA) is 98.7 Å². The predicted octanol–water partition coefficient (Wildman–Crippen LogP) is 5.29. The summed E-state index contributed by atoms with van der Waals surface area (Å²) in [5.41, 5.74) is 11.9. The van der Waals surface area contributed by atoms with Gasteiger partial charge in [-0.25, -0.2) is 0 Å². The first-order valence-corrected chi connectivity index (χ1v) is 9.51. The number of fused-ring (bicyclic) bond motifs is 3. The summed E-state index contributed by atoms with van der Waals surface area (Å²) in [5.74, 6) is -0.0650. The van der Waals surface area contributed by atoms with Crippen molar-refractivity contribution >= 4 is 50.9 Å². The number of azide groups is 1. The normalized spacial score (nSPS) is 10.9. The number of nitrogens with zero attached hydrogens (tertiary/aromatic N) is 3. The molecule has 0 saturated carbocycles. The number of thiol groups is 1. The molecule has 0 saturated heterocycles. The van der Waals surface area contributed by atoms with Gasteiger partial charge in [0.05, 0.1) is 0 Å². The summed E-state index contributed by atoms with van der Waals surface area (Å²) in [6.45, 7) is 0. The van der Waals surface area contributed by atoms with Gasteiger partial charge in [-0.2, -0.15) is 12.6 Å². The molecule has 8 heteroatoms. The van der Waals surface area contributed by atoms with Crippen molar-refractivity contribution in [3.05, 3.63) is 79.8 Å². The predicted molar refractivity (Wildman–Crippen MR) is 112 cm³/mol. The minimum atomic E-state index is -0.665. The molecule has 132 valence electrons. The summed E-state index contributed by atoms with van der Waals surface area (Å²) < 4.78 is 0.587. The second-order valence-corrected chi connectivity index (χ2v) is 7.11. The highest BCUT2D eigenvalue weighted by molar-refractivity contribution is 7.79. The van der Waals surface area contributed by atoms with Gasteiger partial charge >= 0.3 is 0 Å². The number of aromatic amines is 1. The molecule has 27 heavy (non-hydrogen) atoms. The van der Waals surface area contributed by atoms with E-state index in [9.17, 15) is 9.59 Å². The number of hydrogen-bond acceptors (Lipinski definition) is 4. The van der Waals surface area contributed by atoms with E-state index in [1.165, 1.54) is 11.3 Å². The van der Waals surface area contributed by atoms with Crippen LogP contribution in [0, 0.1) is 0 Å². The molecule has 0 aliphatic carbocycles. The Bertz CT molecular complexity index is 1300. The Kier molecular flexibility index (Phi) is 4.45. The van der Waals surface area contributed by atoms with E-state index >= 15 is 0 Å². The van der Waals surface area contributed by atoms with Crippen LogP contribution < -0.4 is 5.56 Å². The first-order valence-electron chi connectivity index (χ1n) is 8.00. The average Bonchev–Trinajstić information content (AvgIpc) is 3.18. The zero-order valence-electron chi connectivity index (χ0n) is 13.8. The van der Waals surface area contributed by atoms with Crippen molar-refractivity contribution in [1.82, 2.24) is 4.98 Å². The standard InChI is InChI=1S/C19H12N4O2S2/c20-23-22-18(24)13-5-6-14-16(12-7-8-27-17(12)19(25)21-14)15(13)11-3-1-10(9-26)2-4-11/h1-8,26H,9H2,(H,21,25). The Morgan fingerprint density at radius 3 is 2.67 bits per heavy atom. The van der Waals surface area contributed by atoms with Gasteiger partial charge in [-0.1, -0.05) is 24.3 Å². The minimum absolute atomic E-state index is 0.169. The third-order valence-electron chi connectivity index (χ3n) is 4.39. The third kappa shape index (κ3) is 2.90. The molecule has 0 unspecified atom stereocenters. The number of benzene rings is 2. The monoisotopic (exact) mass is 392 g/mol. The van der Waals surface area contributed by atoms with Gasteiger partial charge < -0.3 is 4.98 Å². The number of carbonyl (C=O) groups is 1. The van der Waals surface area contributed by atoms with Crippen molar-refractivity contribution in [2.45, 2.75) is 5.75 Å². The molecule has 6 nitrogen and oxygen atoms in total. The molecule has 0 radical (unpaired) electrons. The summed E-state index contributed by atoms with van der Waals surface area (Å²) in [4.78, 5) is 30.3. The Morgan fingerprint density at radius 1 is 1.19 bits per heavy atom. The van der Waals surface area contributed by atoms with Crippen molar-refractivity contribution in [3.8, 4) is 11.1 Å². The zero-order chi connectivity index (χ0) is 19.0. The van der Waals surface area contributed by atoms with Gasteiger partial charge in [-0.05, 0) is 45.4 Å². The number of thiophene rings is 1. The van der Waals surface area contributed by atoms with Crippen LogP contribution in [0.4, 0.5) is 0 Å². The van der Waals surface area contributed by atoms with Gasteiger partial charge in [0, 0.05) is 38.1 Å². The lowest BCUT2D eigenvalue weighted by molar-refractivity contribution is 0.100. The van der Waals surface area contributed by atoms with Crippen LogP contribution in [-0.2, 0) is 5.75 Å². The molecule has 0 spiro atoms. The maximum Gasteiger partial charge on any atom is 0.266 e. The molecular formula is C19H12N4O2S2. The quantitative estimate of drug-likeness (QED) is 0.214. The van der Waals surface area contributed by atoms with E-state index in [2.05, 4.69) is 27.6 Å². The first-order chi connectivity index (χ1) is 13.1. The molecule has 1 amide bonds. The smallest absolute Gasteiger partial charge is 0.266 e. The van der Waals surface area contributed by atoms with Gasteiger partial charge in [0.25, 0.3) is 5.56 Å². The number of aromatic nitrogens is 1. The van der Waals surface area contributed by atoms with Crippen molar-refractivity contribution in [1.29, 1.82) is 0 Å². The molecule has 0 bridgehead atoms. The average molecular weight is 392 g/mol. The van der Waals surface area contributed by atoms with Crippen LogP contribution in [0.3, 0.4) is 0 Å². The van der Waals surface area contributed by atoms with E-state index < -0.39 is 5.91 Å². The summed E-state index contributed by atoms with van der Waals surface area (Å²) in [7, 11) is 0. The van der Waals surface area contributed by atoms with Crippen LogP contribution in [0.1, 0.15) is 15.9 Å². The zero-order valence-corrected chi connectivity index (χ0v) is 15.6. The number of H-pyrrole nitrogens is 1. The Morgan fingerprint density at radius 2 is 1.96 bits per heavy atom. The van der Waals surface area contributed by atoms with Crippen molar-refractivity contribution in [3.63, 3.8) is 0 Å². The fourth-order valence-electron chi connectivity index (χ4n) is 3.20. The summed E-state index contributed by atoms with van der Waals surface area (Å²) in [6, 6.07) is 12.8. The SMILES string of the molecule is [N-]=[N+]=NC(=O)c1ccc2[nH]c(=O)c3sccc3c2c1-c1ccc(CS)cc1. The van der Waals surface area contributed by atoms with Crippen LogP contribution in [0.2, 0.25) is 0 Å². The molecule has 1 N–H and O–H groups in total. The second kappa shape index (κ2) is 6.92. The van der Waals surface area contributed by atoms with Crippen LogP contribution in [0.5, 0.6) is 0 Å². The van der Waals surface area contributed by atoms with Crippen molar-refractivity contribution in [2.75, 3.05) is 0 Å². The van der Waals surface area contributed by atoms with Crippen LogP contribution in [-0.4, -0.2) is 10.9 Å². The number of hydrogen-bond donors (Lipinski definition) is 2. The minimum Gasteiger partial charge on any atom is -0.321 e. The lowest BCUT2D eigenvalue weighted by Gasteiger charge is -2.13. The summed E-state index contributed by atoms with van der Waals surface area (Å²) in [5, 5.41) is 6.63. The lowest BCUT2D eigenvalue weighted by atomic mass is 9.92. The van der Waals surface area contributed by atoms with Gasteiger partial charge in [-0.3, -0.25) is 9.59 Å². The first kappa shape index (κ1) is 17.4. The Labute approximate surface area is 162 Å². The van der Waals surface area contributed by atoms with Gasteiger partial charge in [0.2, 0.25) is 5.91 Å². The fraction of sp³-hybridized carbons (Fsp3) is 0.0526. The van der Waals surface area contributed by atoms with E-state index in [1.54, 1.807) is 12.1 Å². The molecule has 2 heterocycles. The third-order valence-corrected chi connectivity index (χ3v) is 5.66. The van der Waals surface area contributed by atoms with Gasteiger partial charge in [0.15, 0.2) is 0 Å². The lowest BCUT2D eigenvalue weighted by Crippen LogP contribution is -2.06. The number of carbonyl (C=O) groups excluding carboxylic acids is 1. The highest BCUT2D eigenvalue weighted by Gasteiger charge is 2.18. The maximum atomic E-state index is 12.4. The highest BCUT2D eigenvalue weighted by Crippen LogP contribution is 2.37. The van der Waals surface area contributed by atoms with E-state index in [4.69, 9.17) is 5.53 Å². The molecule has 0 fully saturated rings. The van der Waals surface area contributed by atoms with Crippen LogP contribution in [0.15, 0.2) is 57.8 Å².